The van der Waals surface area contributed by atoms with Crippen molar-refractivity contribution < 1.29 is 24.3 Å². The number of oxime groups is 1. The molecule has 0 saturated carbocycles. The van der Waals surface area contributed by atoms with Gasteiger partial charge in [0.25, 0.3) is 5.91 Å². The molecule has 1 aliphatic rings. The number of hydrogen-bond donors (Lipinski definition) is 3. The summed E-state index contributed by atoms with van der Waals surface area (Å²) < 4.78 is 11.9. The van der Waals surface area contributed by atoms with Crippen LogP contribution < -0.4 is 10.1 Å². The Balaban J connectivity index is 1.51. The first-order chi connectivity index (χ1) is 17.2. The van der Waals surface area contributed by atoms with Gasteiger partial charge in [0.15, 0.2) is 5.71 Å². The van der Waals surface area contributed by atoms with E-state index in [0.717, 1.165) is 42.5 Å². The van der Waals surface area contributed by atoms with Crippen LogP contribution in [-0.4, -0.2) is 59.2 Å². The second kappa shape index (κ2) is 10.7. The predicted molar refractivity (Wildman–Crippen MR) is 140 cm³/mol. The van der Waals surface area contributed by atoms with Crippen molar-refractivity contribution in [2.24, 2.45) is 5.16 Å². The van der Waals surface area contributed by atoms with Crippen molar-refractivity contribution in [3.8, 4) is 5.75 Å². The molecule has 1 saturated heterocycles. The van der Waals surface area contributed by atoms with E-state index in [1.54, 1.807) is 19.1 Å². The molecule has 8 nitrogen and oxygen atoms in total. The Morgan fingerprint density at radius 1 is 1.22 bits per heavy atom. The molecule has 0 bridgehead atoms. The van der Waals surface area contributed by atoms with Crippen molar-refractivity contribution in [1.29, 1.82) is 0 Å². The summed E-state index contributed by atoms with van der Waals surface area (Å²) in [6.45, 7) is 10.7. The standard InChI is InChI=1S/C28H35N3O5/c1-18-22(16-25(36-18)28(2,3)4)26(30-34)27(33)29-23-11-12-24(21-10-6-5-9-20(21)23)35-15-14-31-13-7-8-19(32)17-31/h5-6,9-12,16,19,32,34H,7-8,13-15,17H2,1-4H3,(H,29,33)/b30-26-. The lowest BCUT2D eigenvalue weighted by Gasteiger charge is -2.29. The third-order valence-corrected chi connectivity index (χ3v) is 6.51. The summed E-state index contributed by atoms with van der Waals surface area (Å²) in [5.74, 6) is 1.40. The minimum absolute atomic E-state index is 0.111. The molecule has 2 aromatic carbocycles. The molecule has 8 heteroatoms. The van der Waals surface area contributed by atoms with Crippen LogP contribution in [0.4, 0.5) is 5.69 Å². The Morgan fingerprint density at radius 3 is 2.64 bits per heavy atom. The fraction of sp³-hybridized carbons (Fsp3) is 0.429. The third-order valence-electron chi connectivity index (χ3n) is 6.51. The molecule has 36 heavy (non-hydrogen) atoms. The van der Waals surface area contributed by atoms with Crippen LogP contribution in [0.25, 0.3) is 10.8 Å². The Labute approximate surface area is 211 Å². The van der Waals surface area contributed by atoms with Crippen molar-refractivity contribution in [2.75, 3.05) is 31.6 Å². The van der Waals surface area contributed by atoms with Crippen molar-refractivity contribution in [2.45, 2.75) is 52.1 Å². The highest BCUT2D eigenvalue weighted by Crippen LogP contribution is 2.32. The molecule has 0 radical (unpaired) electrons. The quantitative estimate of drug-likeness (QED) is 0.250. The lowest BCUT2D eigenvalue weighted by molar-refractivity contribution is -0.110. The van der Waals surface area contributed by atoms with E-state index >= 15 is 0 Å². The number of anilines is 1. The van der Waals surface area contributed by atoms with Gasteiger partial charge in [-0.3, -0.25) is 9.69 Å². The molecule has 1 amide bonds. The molecule has 1 fully saturated rings. The Kier molecular flexibility index (Phi) is 7.66. The number of amides is 1. The molecule has 4 rings (SSSR count). The van der Waals surface area contributed by atoms with Gasteiger partial charge in [0, 0.05) is 35.0 Å². The van der Waals surface area contributed by atoms with Gasteiger partial charge in [-0.15, -0.1) is 0 Å². The first-order valence-electron chi connectivity index (χ1n) is 12.4. The zero-order valence-corrected chi connectivity index (χ0v) is 21.4. The lowest BCUT2D eigenvalue weighted by Crippen LogP contribution is -2.40. The highest BCUT2D eigenvalue weighted by Gasteiger charge is 2.26. The molecule has 1 aromatic heterocycles. The van der Waals surface area contributed by atoms with E-state index in [1.807, 2.05) is 51.1 Å². The largest absolute Gasteiger partial charge is 0.492 e. The average Bonchev–Trinajstić information content (AvgIpc) is 3.23. The summed E-state index contributed by atoms with van der Waals surface area (Å²) in [7, 11) is 0. The molecule has 1 atom stereocenters. The minimum Gasteiger partial charge on any atom is -0.492 e. The minimum atomic E-state index is -0.538. The van der Waals surface area contributed by atoms with E-state index in [2.05, 4.69) is 15.4 Å². The van der Waals surface area contributed by atoms with Crippen LogP contribution in [0.15, 0.2) is 52.0 Å². The Morgan fingerprint density at radius 2 is 1.97 bits per heavy atom. The monoisotopic (exact) mass is 493 g/mol. The second-order valence-electron chi connectivity index (χ2n) is 10.3. The van der Waals surface area contributed by atoms with E-state index in [9.17, 15) is 15.1 Å². The molecule has 1 aliphatic heterocycles. The van der Waals surface area contributed by atoms with Crippen LogP contribution in [0.1, 0.15) is 50.7 Å². The molecule has 3 aromatic rings. The van der Waals surface area contributed by atoms with Crippen LogP contribution in [0.5, 0.6) is 5.75 Å². The van der Waals surface area contributed by atoms with Gasteiger partial charge in [0.05, 0.1) is 11.7 Å². The van der Waals surface area contributed by atoms with Crippen molar-refractivity contribution >= 4 is 28.1 Å². The number of ether oxygens (including phenoxy) is 1. The number of hydrogen-bond acceptors (Lipinski definition) is 7. The molecule has 192 valence electrons. The van der Waals surface area contributed by atoms with Crippen molar-refractivity contribution in [3.63, 3.8) is 0 Å². The first-order valence-corrected chi connectivity index (χ1v) is 12.4. The number of β-amino-alcohol motifs (C(OH)–C–C–N with tert-alkyl or cyclic N) is 1. The molecule has 3 N–H and O–H groups in total. The molecular weight excluding hydrogens is 458 g/mol. The molecule has 1 unspecified atom stereocenters. The number of benzene rings is 2. The molecular formula is C28H35N3O5. The van der Waals surface area contributed by atoms with Gasteiger partial charge in [-0.2, -0.15) is 0 Å². The van der Waals surface area contributed by atoms with E-state index in [0.29, 0.717) is 35.9 Å². The number of aliphatic hydroxyl groups is 1. The first kappa shape index (κ1) is 25.7. The summed E-state index contributed by atoms with van der Waals surface area (Å²) in [5, 5.41) is 27.4. The van der Waals surface area contributed by atoms with Gasteiger partial charge >= 0.3 is 0 Å². The average molecular weight is 494 g/mol. The number of rotatable bonds is 7. The van der Waals surface area contributed by atoms with E-state index in [-0.39, 0.29) is 17.2 Å². The lowest BCUT2D eigenvalue weighted by atomic mass is 9.92. The van der Waals surface area contributed by atoms with Crippen LogP contribution in [0.3, 0.4) is 0 Å². The van der Waals surface area contributed by atoms with Gasteiger partial charge in [0.2, 0.25) is 0 Å². The number of aliphatic hydroxyl groups excluding tert-OH is 1. The number of nitrogens with zero attached hydrogens (tertiary/aromatic N) is 2. The summed E-state index contributed by atoms with van der Waals surface area (Å²) in [5.41, 5.74) is 0.673. The number of nitrogens with one attached hydrogen (secondary N) is 1. The molecule has 0 spiro atoms. The van der Waals surface area contributed by atoms with Crippen LogP contribution in [-0.2, 0) is 10.2 Å². The summed E-state index contributed by atoms with van der Waals surface area (Å²) >= 11 is 0. The highest BCUT2D eigenvalue weighted by atomic mass is 16.5. The fourth-order valence-electron chi connectivity index (χ4n) is 4.52. The topological polar surface area (TPSA) is 108 Å². The summed E-state index contributed by atoms with van der Waals surface area (Å²) in [6, 6.07) is 13.0. The highest BCUT2D eigenvalue weighted by molar-refractivity contribution is 6.49. The summed E-state index contributed by atoms with van der Waals surface area (Å²) in [6.07, 6.45) is 1.59. The SMILES string of the molecule is Cc1oc(C(C)(C)C)cc1/C(=N/O)C(=O)Nc1ccc(OCCN2CCCC(O)C2)c2ccccc12. The number of fused-ring (bicyclic) bond motifs is 1. The van der Waals surface area contributed by atoms with E-state index in [1.165, 1.54) is 0 Å². The number of furan rings is 1. The predicted octanol–water partition coefficient (Wildman–Crippen LogP) is 4.69. The van der Waals surface area contributed by atoms with Crippen molar-refractivity contribution in [3.05, 3.63) is 59.5 Å². The smallest absolute Gasteiger partial charge is 0.278 e. The maximum Gasteiger partial charge on any atom is 0.278 e. The summed E-state index contributed by atoms with van der Waals surface area (Å²) in [4.78, 5) is 15.4. The van der Waals surface area contributed by atoms with Gasteiger partial charge in [-0.05, 0) is 44.5 Å². The number of piperidine rings is 1. The third kappa shape index (κ3) is 5.71. The zero-order chi connectivity index (χ0) is 25.9. The number of likely N-dealkylation sites (tertiary alicyclic amines) is 1. The second-order valence-corrected chi connectivity index (χ2v) is 10.3. The Bertz CT molecular complexity index is 1260. The van der Waals surface area contributed by atoms with Gasteiger partial charge in [0.1, 0.15) is 23.9 Å². The van der Waals surface area contributed by atoms with E-state index in [4.69, 9.17) is 9.15 Å². The number of aryl methyl sites for hydroxylation is 1. The van der Waals surface area contributed by atoms with Gasteiger partial charge in [-0.1, -0.05) is 50.2 Å². The van der Waals surface area contributed by atoms with Crippen LogP contribution in [0, 0.1) is 6.92 Å². The molecule has 2 heterocycles. The molecule has 0 aliphatic carbocycles. The van der Waals surface area contributed by atoms with Crippen LogP contribution >= 0.6 is 0 Å². The van der Waals surface area contributed by atoms with Crippen molar-refractivity contribution in [1.82, 2.24) is 4.90 Å². The fourth-order valence-corrected chi connectivity index (χ4v) is 4.52. The normalized spacial score (nSPS) is 17.4. The number of carbonyl (C=O) groups excluding carboxylic acids is 1. The maximum absolute atomic E-state index is 13.2. The zero-order valence-electron chi connectivity index (χ0n) is 21.4. The van der Waals surface area contributed by atoms with Gasteiger partial charge < -0.3 is 24.8 Å². The maximum atomic E-state index is 13.2. The number of carbonyl (C=O) groups is 1. The van der Waals surface area contributed by atoms with Crippen LogP contribution in [0.2, 0.25) is 0 Å². The van der Waals surface area contributed by atoms with E-state index < -0.39 is 5.91 Å². The van der Waals surface area contributed by atoms with Gasteiger partial charge in [-0.25, -0.2) is 0 Å². The Hall–Kier alpha value is -3.36.